The van der Waals surface area contributed by atoms with Crippen LogP contribution in [0.4, 0.5) is 5.69 Å². The first kappa shape index (κ1) is 23.2. The molecule has 1 aliphatic rings. The molecule has 0 aliphatic carbocycles. The molecule has 1 heterocycles. The first-order valence-corrected chi connectivity index (χ1v) is 10.1. The third-order valence-corrected chi connectivity index (χ3v) is 4.75. The van der Waals surface area contributed by atoms with E-state index in [4.69, 9.17) is 4.74 Å². The topological polar surface area (TPSA) is 108 Å². The van der Waals surface area contributed by atoms with Gasteiger partial charge < -0.3 is 25.2 Å². The van der Waals surface area contributed by atoms with Crippen molar-refractivity contribution in [3.8, 4) is 0 Å². The molecular weight excluding hydrogens is 388 g/mol. The highest BCUT2D eigenvalue weighted by Gasteiger charge is 2.34. The number of unbranched alkanes of at least 4 members (excludes halogenated alkanes) is 1. The van der Waals surface area contributed by atoms with Crippen LogP contribution < -0.4 is 10.6 Å². The summed E-state index contributed by atoms with van der Waals surface area (Å²) >= 11 is 0. The molecule has 1 aromatic carbocycles. The first-order chi connectivity index (χ1) is 14.3. The number of benzene rings is 1. The van der Waals surface area contributed by atoms with Crippen molar-refractivity contribution in [2.24, 2.45) is 0 Å². The number of hydrogen-bond donors (Lipinski definition) is 2. The molecule has 1 atom stereocenters. The standard InChI is InChI=1S/C21H30N4O5/c1-4-5-12-30-19(27)13-17-20(28)22-10-11-25(17)18(26)14-23-16-8-6-15(7-9-16)21(29)24(2)3/h6-9,17,23H,4-5,10-14H2,1-3H3,(H,22,28). The van der Waals surface area contributed by atoms with Gasteiger partial charge in [0, 0.05) is 38.4 Å². The molecule has 164 valence electrons. The number of rotatable bonds is 9. The number of carbonyl (C=O) groups is 4. The van der Waals surface area contributed by atoms with Gasteiger partial charge in [-0.05, 0) is 30.7 Å². The van der Waals surface area contributed by atoms with Crippen LogP contribution in [0.2, 0.25) is 0 Å². The van der Waals surface area contributed by atoms with Gasteiger partial charge >= 0.3 is 5.97 Å². The second-order valence-electron chi connectivity index (χ2n) is 7.30. The molecule has 1 aromatic rings. The average Bonchev–Trinajstić information content (AvgIpc) is 2.73. The number of hydrogen-bond acceptors (Lipinski definition) is 6. The van der Waals surface area contributed by atoms with Gasteiger partial charge in [0.15, 0.2) is 0 Å². The predicted octanol–water partition coefficient (Wildman–Crippen LogP) is 0.861. The summed E-state index contributed by atoms with van der Waals surface area (Å²) in [5.74, 6) is -1.23. The largest absolute Gasteiger partial charge is 0.466 e. The molecule has 1 aliphatic heterocycles. The van der Waals surface area contributed by atoms with E-state index in [0.717, 1.165) is 12.8 Å². The normalized spacial score (nSPS) is 15.9. The Morgan fingerprint density at radius 3 is 2.57 bits per heavy atom. The van der Waals surface area contributed by atoms with E-state index in [1.807, 2.05) is 6.92 Å². The second-order valence-corrected chi connectivity index (χ2v) is 7.30. The van der Waals surface area contributed by atoms with E-state index >= 15 is 0 Å². The van der Waals surface area contributed by atoms with Crippen LogP contribution in [0.5, 0.6) is 0 Å². The fraction of sp³-hybridized carbons (Fsp3) is 0.524. The third-order valence-electron chi connectivity index (χ3n) is 4.75. The maximum Gasteiger partial charge on any atom is 0.308 e. The SMILES string of the molecule is CCCCOC(=O)CC1C(=O)NCCN1C(=O)CNc1ccc(C(=O)N(C)C)cc1. The van der Waals surface area contributed by atoms with Crippen molar-refractivity contribution in [3.05, 3.63) is 29.8 Å². The number of amides is 3. The summed E-state index contributed by atoms with van der Waals surface area (Å²) in [6.45, 7) is 2.94. The van der Waals surface area contributed by atoms with Crippen LogP contribution in [-0.2, 0) is 19.1 Å². The molecule has 0 bridgehead atoms. The summed E-state index contributed by atoms with van der Waals surface area (Å²) in [6.07, 6.45) is 1.49. The molecule has 0 saturated carbocycles. The van der Waals surface area contributed by atoms with E-state index in [2.05, 4.69) is 10.6 Å². The quantitative estimate of drug-likeness (QED) is 0.455. The Bertz CT molecular complexity index is 763. The number of piperazine rings is 1. The summed E-state index contributed by atoms with van der Waals surface area (Å²) < 4.78 is 5.13. The summed E-state index contributed by atoms with van der Waals surface area (Å²) in [5, 5.41) is 5.70. The van der Waals surface area contributed by atoms with E-state index in [1.54, 1.807) is 38.4 Å². The second kappa shape index (κ2) is 11.2. The molecule has 0 aromatic heterocycles. The molecule has 1 fully saturated rings. The van der Waals surface area contributed by atoms with Gasteiger partial charge in [0.1, 0.15) is 6.04 Å². The molecule has 2 rings (SSSR count). The Morgan fingerprint density at radius 2 is 1.93 bits per heavy atom. The van der Waals surface area contributed by atoms with Gasteiger partial charge in [0.25, 0.3) is 5.91 Å². The number of anilines is 1. The van der Waals surface area contributed by atoms with Crippen molar-refractivity contribution in [2.45, 2.75) is 32.2 Å². The molecule has 1 saturated heterocycles. The summed E-state index contributed by atoms with van der Waals surface area (Å²) in [4.78, 5) is 51.8. The Morgan fingerprint density at radius 1 is 1.23 bits per heavy atom. The maximum absolute atomic E-state index is 12.7. The zero-order chi connectivity index (χ0) is 22.1. The lowest BCUT2D eigenvalue weighted by Gasteiger charge is -2.34. The molecule has 0 spiro atoms. The molecule has 9 heteroatoms. The van der Waals surface area contributed by atoms with E-state index in [-0.39, 0.29) is 30.7 Å². The average molecular weight is 418 g/mol. The minimum absolute atomic E-state index is 0.0321. The van der Waals surface area contributed by atoms with Gasteiger partial charge in [-0.1, -0.05) is 13.3 Å². The van der Waals surface area contributed by atoms with Gasteiger partial charge in [0.2, 0.25) is 11.8 Å². The van der Waals surface area contributed by atoms with Crippen molar-refractivity contribution in [1.29, 1.82) is 0 Å². The molecule has 30 heavy (non-hydrogen) atoms. The lowest BCUT2D eigenvalue weighted by molar-refractivity contribution is -0.151. The van der Waals surface area contributed by atoms with Gasteiger partial charge in [-0.3, -0.25) is 19.2 Å². The molecule has 1 unspecified atom stereocenters. The Kier molecular flexibility index (Phi) is 8.64. The van der Waals surface area contributed by atoms with E-state index in [1.165, 1.54) is 9.80 Å². The smallest absolute Gasteiger partial charge is 0.308 e. The Labute approximate surface area is 176 Å². The van der Waals surface area contributed by atoms with Crippen molar-refractivity contribution < 1.29 is 23.9 Å². The van der Waals surface area contributed by atoms with Crippen LogP contribution in [0.25, 0.3) is 0 Å². The minimum Gasteiger partial charge on any atom is -0.466 e. The zero-order valence-corrected chi connectivity index (χ0v) is 17.8. The summed E-state index contributed by atoms with van der Waals surface area (Å²) in [7, 11) is 3.36. The highest BCUT2D eigenvalue weighted by Crippen LogP contribution is 2.13. The predicted molar refractivity (Wildman–Crippen MR) is 112 cm³/mol. The number of esters is 1. The number of nitrogens with one attached hydrogen (secondary N) is 2. The third kappa shape index (κ3) is 6.47. The Hall–Kier alpha value is -3.10. The van der Waals surface area contributed by atoms with Gasteiger partial charge in [-0.2, -0.15) is 0 Å². The van der Waals surface area contributed by atoms with Crippen molar-refractivity contribution in [1.82, 2.24) is 15.1 Å². The highest BCUT2D eigenvalue weighted by molar-refractivity contribution is 5.94. The van der Waals surface area contributed by atoms with E-state index in [0.29, 0.717) is 30.9 Å². The van der Waals surface area contributed by atoms with Crippen LogP contribution in [-0.4, -0.2) is 79.9 Å². The van der Waals surface area contributed by atoms with E-state index in [9.17, 15) is 19.2 Å². The zero-order valence-electron chi connectivity index (χ0n) is 17.8. The van der Waals surface area contributed by atoms with E-state index < -0.39 is 12.0 Å². The van der Waals surface area contributed by atoms with Crippen LogP contribution in [0, 0.1) is 0 Å². The van der Waals surface area contributed by atoms with Crippen LogP contribution >= 0.6 is 0 Å². The summed E-state index contributed by atoms with van der Waals surface area (Å²) in [6, 6.07) is 5.92. The van der Waals surface area contributed by atoms with Crippen LogP contribution in [0.3, 0.4) is 0 Å². The highest BCUT2D eigenvalue weighted by atomic mass is 16.5. The lowest BCUT2D eigenvalue weighted by atomic mass is 10.1. The molecule has 9 nitrogen and oxygen atoms in total. The fourth-order valence-corrected chi connectivity index (χ4v) is 3.03. The molecule has 3 amide bonds. The molecular formula is C21H30N4O5. The van der Waals surface area contributed by atoms with Gasteiger partial charge in [-0.25, -0.2) is 0 Å². The monoisotopic (exact) mass is 418 g/mol. The number of nitrogens with zero attached hydrogens (tertiary/aromatic N) is 2. The first-order valence-electron chi connectivity index (χ1n) is 10.1. The van der Waals surface area contributed by atoms with Crippen molar-refractivity contribution in [2.75, 3.05) is 45.7 Å². The fourth-order valence-electron chi connectivity index (χ4n) is 3.03. The molecule has 0 radical (unpaired) electrons. The van der Waals surface area contributed by atoms with Gasteiger partial charge in [-0.15, -0.1) is 0 Å². The summed E-state index contributed by atoms with van der Waals surface area (Å²) in [5.41, 5.74) is 1.22. The van der Waals surface area contributed by atoms with Gasteiger partial charge in [0.05, 0.1) is 19.6 Å². The van der Waals surface area contributed by atoms with Crippen molar-refractivity contribution >= 4 is 29.4 Å². The van der Waals surface area contributed by atoms with Crippen molar-refractivity contribution in [3.63, 3.8) is 0 Å². The lowest BCUT2D eigenvalue weighted by Crippen LogP contribution is -2.58. The number of carbonyl (C=O) groups excluding carboxylic acids is 4. The maximum atomic E-state index is 12.7. The Balaban J connectivity index is 1.93. The molecule has 2 N–H and O–H groups in total. The van der Waals surface area contributed by atoms with Crippen LogP contribution in [0.1, 0.15) is 36.5 Å². The number of ether oxygens (including phenoxy) is 1. The minimum atomic E-state index is -0.873. The van der Waals surface area contributed by atoms with Crippen LogP contribution in [0.15, 0.2) is 24.3 Å².